The smallest absolute Gasteiger partial charge is 0.261 e. The first-order valence-electron chi connectivity index (χ1n) is 7.56. The van der Waals surface area contributed by atoms with E-state index in [-0.39, 0.29) is 11.5 Å². The number of nitrogens with zero attached hydrogens (tertiary/aromatic N) is 2. The van der Waals surface area contributed by atoms with Crippen LogP contribution in [-0.4, -0.2) is 22.5 Å². The molecule has 25 heavy (non-hydrogen) atoms. The van der Waals surface area contributed by atoms with Crippen LogP contribution in [0.4, 0.5) is 0 Å². The summed E-state index contributed by atoms with van der Waals surface area (Å²) in [6.45, 7) is 0. The number of hydrogen-bond acceptors (Lipinski definition) is 3. The van der Waals surface area contributed by atoms with E-state index in [9.17, 15) is 9.59 Å². The Bertz CT molecular complexity index is 1040. The van der Waals surface area contributed by atoms with Gasteiger partial charge in [-0.25, -0.2) is 4.98 Å². The Hall–Kier alpha value is -2.37. The average Bonchev–Trinajstić information content (AvgIpc) is 2.60. The molecule has 7 heteroatoms. The maximum absolute atomic E-state index is 12.6. The minimum Gasteiger partial charge on any atom is -0.355 e. The SMILES string of the molecule is CNC(=O)c1ccc2c(=O)n(C)c(Cc3ccc(Cl)cc3Cl)nc2c1. The number of halogens is 2. The summed E-state index contributed by atoms with van der Waals surface area (Å²) < 4.78 is 1.49. The topological polar surface area (TPSA) is 64.0 Å². The summed E-state index contributed by atoms with van der Waals surface area (Å²) in [5, 5.41) is 4.08. The van der Waals surface area contributed by atoms with Crippen molar-refractivity contribution in [3.63, 3.8) is 0 Å². The lowest BCUT2D eigenvalue weighted by Crippen LogP contribution is -2.23. The second-order valence-electron chi connectivity index (χ2n) is 5.62. The molecule has 1 N–H and O–H groups in total. The van der Waals surface area contributed by atoms with Crippen LogP contribution < -0.4 is 10.9 Å². The van der Waals surface area contributed by atoms with Crippen molar-refractivity contribution in [1.82, 2.24) is 14.9 Å². The molecule has 0 saturated heterocycles. The lowest BCUT2D eigenvalue weighted by Gasteiger charge is -2.11. The van der Waals surface area contributed by atoms with Crippen molar-refractivity contribution in [2.75, 3.05) is 7.05 Å². The summed E-state index contributed by atoms with van der Waals surface area (Å²) in [5.74, 6) is 0.322. The first kappa shape index (κ1) is 17.5. The van der Waals surface area contributed by atoms with E-state index in [1.165, 1.54) is 4.57 Å². The molecule has 128 valence electrons. The summed E-state index contributed by atoms with van der Waals surface area (Å²) >= 11 is 12.1. The molecule has 3 rings (SSSR count). The second kappa shape index (κ2) is 6.86. The van der Waals surface area contributed by atoms with E-state index >= 15 is 0 Å². The third-order valence-electron chi connectivity index (χ3n) is 4.02. The Morgan fingerprint density at radius 2 is 1.96 bits per heavy atom. The number of amides is 1. The first-order valence-corrected chi connectivity index (χ1v) is 8.32. The van der Waals surface area contributed by atoms with Crippen LogP contribution in [-0.2, 0) is 13.5 Å². The molecule has 0 bridgehead atoms. The van der Waals surface area contributed by atoms with Gasteiger partial charge in [0.2, 0.25) is 0 Å². The molecule has 0 aliphatic rings. The summed E-state index contributed by atoms with van der Waals surface area (Å²) in [5.41, 5.74) is 1.57. The highest BCUT2D eigenvalue weighted by Crippen LogP contribution is 2.23. The normalized spacial score (nSPS) is 10.9. The van der Waals surface area contributed by atoms with Crippen molar-refractivity contribution in [2.45, 2.75) is 6.42 Å². The van der Waals surface area contributed by atoms with Crippen LogP contribution >= 0.6 is 23.2 Å². The first-order chi connectivity index (χ1) is 11.9. The van der Waals surface area contributed by atoms with Crippen LogP contribution in [0.1, 0.15) is 21.7 Å². The Kier molecular flexibility index (Phi) is 4.79. The zero-order chi connectivity index (χ0) is 18.1. The third-order valence-corrected chi connectivity index (χ3v) is 4.61. The summed E-state index contributed by atoms with van der Waals surface area (Å²) in [6, 6.07) is 10.0. The molecule has 0 aliphatic heterocycles. The highest BCUT2D eigenvalue weighted by molar-refractivity contribution is 6.35. The Morgan fingerprint density at radius 1 is 1.20 bits per heavy atom. The molecule has 0 spiro atoms. The fourth-order valence-electron chi connectivity index (χ4n) is 2.60. The molecule has 0 unspecified atom stereocenters. The van der Waals surface area contributed by atoms with E-state index in [0.29, 0.717) is 38.8 Å². The number of benzene rings is 2. The largest absolute Gasteiger partial charge is 0.355 e. The van der Waals surface area contributed by atoms with Gasteiger partial charge in [-0.3, -0.25) is 14.2 Å². The van der Waals surface area contributed by atoms with Crippen molar-refractivity contribution in [2.24, 2.45) is 7.05 Å². The van der Waals surface area contributed by atoms with Crippen LogP contribution in [0.3, 0.4) is 0 Å². The van der Waals surface area contributed by atoms with Crippen LogP contribution in [0, 0.1) is 0 Å². The van der Waals surface area contributed by atoms with Gasteiger partial charge in [0.25, 0.3) is 11.5 Å². The van der Waals surface area contributed by atoms with Crippen LogP contribution in [0.15, 0.2) is 41.2 Å². The number of rotatable bonds is 3. The average molecular weight is 376 g/mol. The van der Waals surface area contributed by atoms with Crippen molar-refractivity contribution >= 4 is 40.0 Å². The number of carbonyl (C=O) groups is 1. The van der Waals surface area contributed by atoms with Gasteiger partial charge in [-0.1, -0.05) is 29.3 Å². The zero-order valence-corrected chi connectivity index (χ0v) is 15.1. The molecular weight excluding hydrogens is 361 g/mol. The number of nitrogens with one attached hydrogen (secondary N) is 1. The zero-order valence-electron chi connectivity index (χ0n) is 13.6. The molecule has 3 aromatic rings. The van der Waals surface area contributed by atoms with Gasteiger partial charge in [0, 0.05) is 36.1 Å². The van der Waals surface area contributed by atoms with E-state index in [0.717, 1.165) is 5.56 Å². The molecule has 0 atom stereocenters. The van der Waals surface area contributed by atoms with E-state index < -0.39 is 0 Å². The Morgan fingerprint density at radius 3 is 2.64 bits per heavy atom. The predicted octanol–water partition coefficient (Wildman–Crippen LogP) is 3.19. The highest BCUT2D eigenvalue weighted by atomic mass is 35.5. The lowest BCUT2D eigenvalue weighted by molar-refractivity contribution is 0.0963. The van der Waals surface area contributed by atoms with E-state index in [2.05, 4.69) is 10.3 Å². The van der Waals surface area contributed by atoms with Crippen LogP contribution in [0.25, 0.3) is 10.9 Å². The lowest BCUT2D eigenvalue weighted by atomic mass is 10.1. The third kappa shape index (κ3) is 3.38. The number of aromatic nitrogens is 2. The van der Waals surface area contributed by atoms with Gasteiger partial charge in [0.1, 0.15) is 5.82 Å². The van der Waals surface area contributed by atoms with Gasteiger partial charge < -0.3 is 5.32 Å². The Labute approximate surface area is 154 Å². The predicted molar refractivity (Wildman–Crippen MR) is 99.6 cm³/mol. The minimum atomic E-state index is -0.230. The van der Waals surface area contributed by atoms with Crippen LogP contribution in [0.5, 0.6) is 0 Å². The molecule has 2 aromatic carbocycles. The van der Waals surface area contributed by atoms with Gasteiger partial charge in [0.05, 0.1) is 10.9 Å². The maximum Gasteiger partial charge on any atom is 0.261 e. The maximum atomic E-state index is 12.6. The van der Waals surface area contributed by atoms with Crippen molar-refractivity contribution < 1.29 is 4.79 Å². The monoisotopic (exact) mass is 375 g/mol. The number of hydrogen-bond donors (Lipinski definition) is 1. The van der Waals surface area contributed by atoms with E-state index in [4.69, 9.17) is 23.2 Å². The van der Waals surface area contributed by atoms with Gasteiger partial charge in [-0.15, -0.1) is 0 Å². The molecule has 0 saturated carbocycles. The Balaban J connectivity index is 2.12. The highest BCUT2D eigenvalue weighted by Gasteiger charge is 2.13. The number of fused-ring (bicyclic) bond motifs is 1. The van der Waals surface area contributed by atoms with Crippen molar-refractivity contribution in [3.05, 3.63) is 73.7 Å². The summed E-state index contributed by atoms with van der Waals surface area (Å²) in [7, 11) is 3.22. The second-order valence-corrected chi connectivity index (χ2v) is 6.46. The molecule has 1 aromatic heterocycles. The molecule has 5 nitrogen and oxygen atoms in total. The van der Waals surface area contributed by atoms with Gasteiger partial charge in [-0.05, 0) is 35.9 Å². The fourth-order valence-corrected chi connectivity index (χ4v) is 3.07. The minimum absolute atomic E-state index is 0.173. The van der Waals surface area contributed by atoms with E-state index in [1.54, 1.807) is 44.4 Å². The van der Waals surface area contributed by atoms with Gasteiger partial charge in [-0.2, -0.15) is 0 Å². The van der Waals surface area contributed by atoms with Crippen molar-refractivity contribution in [1.29, 1.82) is 0 Å². The molecular formula is C18H15Cl2N3O2. The molecule has 1 amide bonds. The van der Waals surface area contributed by atoms with Crippen LogP contribution in [0.2, 0.25) is 10.0 Å². The summed E-state index contributed by atoms with van der Waals surface area (Å²) in [6.07, 6.45) is 0.377. The quantitative estimate of drug-likeness (QED) is 0.764. The van der Waals surface area contributed by atoms with Gasteiger partial charge >= 0.3 is 0 Å². The molecule has 1 heterocycles. The fraction of sp³-hybridized carbons (Fsp3) is 0.167. The molecule has 0 fully saturated rings. The van der Waals surface area contributed by atoms with Crippen molar-refractivity contribution in [3.8, 4) is 0 Å². The molecule has 0 radical (unpaired) electrons. The molecule has 0 aliphatic carbocycles. The van der Waals surface area contributed by atoms with Gasteiger partial charge in [0.15, 0.2) is 0 Å². The standard InChI is InChI=1S/C18H15Cl2N3O2/c1-21-17(24)11-4-6-13-15(7-11)22-16(23(2)18(13)25)8-10-3-5-12(19)9-14(10)20/h3-7,9H,8H2,1-2H3,(H,21,24). The number of carbonyl (C=O) groups excluding carboxylic acids is 1. The summed E-state index contributed by atoms with van der Waals surface area (Å²) in [4.78, 5) is 29.0. The van der Waals surface area contributed by atoms with E-state index in [1.807, 2.05) is 6.07 Å².